The predicted octanol–water partition coefficient (Wildman–Crippen LogP) is 2.10. The molecule has 0 radical (unpaired) electrons. The molecule has 0 unspecified atom stereocenters. The van der Waals surface area contributed by atoms with Crippen molar-refractivity contribution in [3.8, 4) is 5.75 Å². The lowest BCUT2D eigenvalue weighted by Crippen LogP contribution is -2.40. The monoisotopic (exact) mass is 403 g/mol. The topological polar surface area (TPSA) is 67.6 Å². The molecule has 116 valence electrons. The molecule has 21 heavy (non-hydrogen) atoms. The molecule has 0 bridgehead atoms. The van der Waals surface area contributed by atoms with Gasteiger partial charge in [0, 0.05) is 27.9 Å². The van der Waals surface area contributed by atoms with E-state index in [2.05, 4.69) is 39.7 Å². The number of methoxy groups -OCH3 is 1. The average molecular weight is 403 g/mol. The molecule has 0 spiro atoms. The summed E-state index contributed by atoms with van der Waals surface area (Å²) in [7, 11) is 1.55. The summed E-state index contributed by atoms with van der Waals surface area (Å²) in [5.74, 6) is 0.414. The van der Waals surface area contributed by atoms with Crippen molar-refractivity contribution in [3.05, 3.63) is 21.3 Å². The van der Waals surface area contributed by atoms with Crippen LogP contribution in [0.2, 0.25) is 0 Å². The zero-order valence-corrected chi connectivity index (χ0v) is 14.6. The van der Waals surface area contributed by atoms with Crippen molar-refractivity contribution in [2.24, 2.45) is 0 Å². The number of hydrogen-bond acceptors (Lipinski definition) is 4. The molecule has 3 N–H and O–H groups in total. The lowest BCUT2D eigenvalue weighted by atomic mass is 10.1. The lowest BCUT2D eigenvalue weighted by molar-refractivity contribution is 0.0938. The van der Waals surface area contributed by atoms with Gasteiger partial charge in [-0.2, -0.15) is 0 Å². The van der Waals surface area contributed by atoms with Crippen molar-refractivity contribution in [2.45, 2.75) is 25.8 Å². The number of carbonyl (C=O) groups excluding carboxylic acids is 1. The molecule has 1 aliphatic rings. The number of nitrogen functional groups attached to an aromatic ring is 1. The molecule has 0 aliphatic carbocycles. The zero-order valence-electron chi connectivity index (χ0n) is 12.5. The second-order valence-corrected chi connectivity index (χ2v) is 6.37. The van der Waals surface area contributed by atoms with Crippen LogP contribution in [0.5, 0.6) is 5.75 Å². The highest BCUT2D eigenvalue weighted by molar-refractivity contribution is 14.1. The molecule has 1 aromatic rings. The molecular weight excluding hydrogens is 381 g/mol. The maximum absolute atomic E-state index is 12.4. The van der Waals surface area contributed by atoms with Crippen molar-refractivity contribution < 1.29 is 9.53 Å². The Morgan fingerprint density at radius 1 is 1.57 bits per heavy atom. The molecule has 1 aliphatic heterocycles. The van der Waals surface area contributed by atoms with Crippen molar-refractivity contribution in [1.82, 2.24) is 10.2 Å². The summed E-state index contributed by atoms with van der Waals surface area (Å²) in [4.78, 5) is 14.8. The average Bonchev–Trinajstić information content (AvgIpc) is 2.94. The van der Waals surface area contributed by atoms with Crippen LogP contribution in [0.3, 0.4) is 0 Å². The van der Waals surface area contributed by atoms with E-state index in [0.29, 0.717) is 29.6 Å². The molecule has 1 aromatic carbocycles. The van der Waals surface area contributed by atoms with E-state index in [4.69, 9.17) is 10.5 Å². The highest BCUT2D eigenvalue weighted by atomic mass is 127. The Hall–Kier alpha value is -1.02. The van der Waals surface area contributed by atoms with E-state index in [1.165, 1.54) is 6.42 Å². The Morgan fingerprint density at radius 3 is 3.00 bits per heavy atom. The summed E-state index contributed by atoms with van der Waals surface area (Å²) in [6.45, 7) is 4.99. The quantitative estimate of drug-likeness (QED) is 0.584. The number of nitrogens with one attached hydrogen (secondary N) is 1. The van der Waals surface area contributed by atoms with Gasteiger partial charge < -0.3 is 15.8 Å². The van der Waals surface area contributed by atoms with E-state index in [0.717, 1.165) is 23.1 Å². The number of hydrogen-bond donors (Lipinski definition) is 2. The third kappa shape index (κ3) is 3.79. The van der Waals surface area contributed by atoms with Crippen LogP contribution in [0.25, 0.3) is 0 Å². The maximum atomic E-state index is 12.4. The van der Waals surface area contributed by atoms with Crippen molar-refractivity contribution in [3.63, 3.8) is 0 Å². The summed E-state index contributed by atoms with van der Waals surface area (Å²) in [5.41, 5.74) is 7.01. The number of anilines is 1. The van der Waals surface area contributed by atoms with Gasteiger partial charge >= 0.3 is 0 Å². The standard InChI is InChI=1S/C15H22IN3O2/c1-3-19-6-4-5-10(19)9-18-15(20)11-7-12(16)13(17)8-14(11)21-2/h7-8,10H,3-6,9,17H2,1-2H3,(H,18,20)/t10-/m1/s1. The molecule has 1 amide bonds. The van der Waals surface area contributed by atoms with Gasteiger partial charge in [-0.3, -0.25) is 9.69 Å². The second-order valence-electron chi connectivity index (χ2n) is 5.21. The van der Waals surface area contributed by atoms with Crippen LogP contribution >= 0.6 is 22.6 Å². The number of benzene rings is 1. The number of likely N-dealkylation sites (tertiary alicyclic amines) is 1. The number of nitrogens with two attached hydrogens (primary N) is 1. The highest BCUT2D eigenvalue weighted by Crippen LogP contribution is 2.26. The molecule has 1 fully saturated rings. The summed E-state index contributed by atoms with van der Waals surface area (Å²) in [6, 6.07) is 3.92. The van der Waals surface area contributed by atoms with E-state index in [1.54, 1.807) is 19.2 Å². The number of carbonyl (C=O) groups is 1. The number of likely N-dealkylation sites (N-methyl/N-ethyl adjacent to an activating group) is 1. The SMILES string of the molecule is CCN1CCC[C@@H]1CNC(=O)c1cc(I)c(N)cc1OC. The van der Waals surface area contributed by atoms with Gasteiger partial charge in [0.05, 0.1) is 12.7 Å². The van der Waals surface area contributed by atoms with Crippen LogP contribution in [0.4, 0.5) is 5.69 Å². The van der Waals surface area contributed by atoms with Crippen LogP contribution in [0.15, 0.2) is 12.1 Å². The van der Waals surface area contributed by atoms with Crippen LogP contribution in [-0.2, 0) is 0 Å². The van der Waals surface area contributed by atoms with Gasteiger partial charge in [-0.25, -0.2) is 0 Å². The molecule has 1 heterocycles. The first kappa shape index (κ1) is 16.4. The van der Waals surface area contributed by atoms with Crippen LogP contribution < -0.4 is 15.8 Å². The number of amides is 1. The number of ether oxygens (including phenoxy) is 1. The van der Waals surface area contributed by atoms with Gasteiger partial charge in [0.25, 0.3) is 5.91 Å². The summed E-state index contributed by atoms with van der Waals surface area (Å²) in [6.07, 6.45) is 2.35. The Morgan fingerprint density at radius 2 is 2.33 bits per heavy atom. The van der Waals surface area contributed by atoms with Gasteiger partial charge in [0.1, 0.15) is 5.75 Å². The normalized spacial score (nSPS) is 18.7. The van der Waals surface area contributed by atoms with Gasteiger partial charge in [-0.05, 0) is 54.6 Å². The number of nitrogens with zero attached hydrogens (tertiary/aromatic N) is 1. The Labute approximate surface area is 139 Å². The molecular formula is C15H22IN3O2. The molecule has 5 nitrogen and oxygen atoms in total. The fourth-order valence-electron chi connectivity index (χ4n) is 2.76. The smallest absolute Gasteiger partial charge is 0.255 e. The third-order valence-electron chi connectivity index (χ3n) is 3.97. The number of rotatable bonds is 5. The Balaban J connectivity index is 2.05. The first-order valence-corrected chi connectivity index (χ1v) is 8.30. The lowest BCUT2D eigenvalue weighted by Gasteiger charge is -2.23. The number of halogens is 1. The molecule has 1 atom stereocenters. The molecule has 1 saturated heterocycles. The first-order chi connectivity index (χ1) is 10.1. The summed E-state index contributed by atoms with van der Waals surface area (Å²) >= 11 is 2.12. The van der Waals surface area contributed by atoms with Crippen LogP contribution in [0, 0.1) is 3.57 Å². The zero-order chi connectivity index (χ0) is 15.4. The van der Waals surface area contributed by atoms with E-state index >= 15 is 0 Å². The molecule has 0 saturated carbocycles. The third-order valence-corrected chi connectivity index (χ3v) is 4.90. The minimum Gasteiger partial charge on any atom is -0.496 e. The fraction of sp³-hybridized carbons (Fsp3) is 0.533. The van der Waals surface area contributed by atoms with Crippen molar-refractivity contribution >= 4 is 34.2 Å². The predicted molar refractivity (Wildman–Crippen MR) is 92.7 cm³/mol. The molecule has 6 heteroatoms. The maximum Gasteiger partial charge on any atom is 0.255 e. The van der Waals surface area contributed by atoms with E-state index < -0.39 is 0 Å². The van der Waals surface area contributed by atoms with Crippen LogP contribution in [0.1, 0.15) is 30.1 Å². The minimum absolute atomic E-state index is 0.104. The van der Waals surface area contributed by atoms with Gasteiger partial charge in [-0.15, -0.1) is 0 Å². The van der Waals surface area contributed by atoms with Crippen molar-refractivity contribution in [1.29, 1.82) is 0 Å². The van der Waals surface area contributed by atoms with Gasteiger partial charge in [-0.1, -0.05) is 6.92 Å². The fourth-order valence-corrected chi connectivity index (χ4v) is 3.23. The Kier molecular flexibility index (Phi) is 5.69. The highest BCUT2D eigenvalue weighted by Gasteiger charge is 2.24. The summed E-state index contributed by atoms with van der Waals surface area (Å²) < 4.78 is 6.12. The van der Waals surface area contributed by atoms with Crippen LogP contribution in [-0.4, -0.2) is 43.6 Å². The minimum atomic E-state index is -0.104. The van der Waals surface area contributed by atoms with Gasteiger partial charge in [0.15, 0.2) is 0 Å². The first-order valence-electron chi connectivity index (χ1n) is 7.22. The van der Waals surface area contributed by atoms with E-state index in [9.17, 15) is 4.79 Å². The second kappa shape index (κ2) is 7.31. The van der Waals surface area contributed by atoms with Crippen molar-refractivity contribution in [2.75, 3.05) is 32.5 Å². The van der Waals surface area contributed by atoms with Gasteiger partial charge in [0.2, 0.25) is 0 Å². The molecule has 0 aromatic heterocycles. The van der Waals surface area contributed by atoms with E-state index in [1.807, 2.05) is 0 Å². The Bertz CT molecular complexity index is 522. The van der Waals surface area contributed by atoms with E-state index in [-0.39, 0.29) is 5.91 Å². The molecule has 2 rings (SSSR count). The largest absolute Gasteiger partial charge is 0.496 e. The summed E-state index contributed by atoms with van der Waals surface area (Å²) in [5, 5.41) is 3.02.